The molecule has 1 rings (SSSR count). The van der Waals surface area contributed by atoms with Crippen LogP contribution >= 0.6 is 33.9 Å². The lowest BCUT2D eigenvalue weighted by molar-refractivity contribution is -0.142. The van der Waals surface area contributed by atoms with E-state index in [1.807, 2.05) is 29.4 Å². The minimum Gasteiger partial charge on any atom is -0.459 e. The predicted molar refractivity (Wildman–Crippen MR) is 145 cm³/mol. The van der Waals surface area contributed by atoms with Gasteiger partial charge < -0.3 is 14.3 Å². The summed E-state index contributed by atoms with van der Waals surface area (Å²) in [6.45, 7) is 17.3. The lowest BCUT2D eigenvalue weighted by Crippen LogP contribution is -2.42. The van der Waals surface area contributed by atoms with Gasteiger partial charge in [0.2, 0.25) is 0 Å². The molecule has 0 aliphatic carbocycles. The number of rotatable bonds is 12. The fraction of sp³-hybridized carbons (Fsp3) is 0.667. The summed E-state index contributed by atoms with van der Waals surface area (Å²) in [6.07, 6.45) is 4.61. The lowest BCUT2D eigenvalue weighted by Gasteiger charge is -2.36. The molecular formula is C24H40INO4SSi. The first-order chi connectivity index (χ1) is 14.7. The quantitative estimate of drug-likeness (QED) is 0.125. The minimum atomic E-state index is -1.87. The van der Waals surface area contributed by atoms with Gasteiger partial charge in [-0.3, -0.25) is 0 Å². The van der Waals surface area contributed by atoms with Gasteiger partial charge in [-0.1, -0.05) is 61.9 Å². The van der Waals surface area contributed by atoms with Crippen LogP contribution in [-0.4, -0.2) is 43.2 Å². The van der Waals surface area contributed by atoms with Crippen LogP contribution in [0.15, 0.2) is 27.2 Å². The number of carbonyl (C=O) groups is 1. The Labute approximate surface area is 213 Å². The lowest BCUT2D eigenvalue weighted by atomic mass is 10.0. The van der Waals surface area contributed by atoms with Gasteiger partial charge in [0.15, 0.2) is 8.32 Å². The van der Waals surface area contributed by atoms with Crippen LogP contribution in [0.1, 0.15) is 71.0 Å². The van der Waals surface area contributed by atoms with Crippen molar-refractivity contribution >= 4 is 48.2 Å². The largest absolute Gasteiger partial charge is 0.459 e. The molecule has 32 heavy (non-hydrogen) atoms. The van der Waals surface area contributed by atoms with Gasteiger partial charge in [-0.15, -0.1) is 11.3 Å². The molecule has 3 atom stereocenters. The van der Waals surface area contributed by atoms with Gasteiger partial charge in [-0.25, -0.2) is 9.78 Å². The molecule has 0 radical (unpaired) electrons. The standard InChI is InChI=1S/C24H40INO4SSi/c1-17(14-25)12-19(3)30-23(28)11-9-10-18(2)21-16-31-22(26-21)13-20(27)15-29-32(7,8)24(4,5)6/h9,11,14,16,18-20,27H,10,12-13,15H2,1-8H3/b11-9+,17-14+/t18-,19-,20+/m0/s1. The van der Waals surface area contributed by atoms with E-state index in [1.165, 1.54) is 11.6 Å². The molecule has 5 nitrogen and oxygen atoms in total. The Morgan fingerprint density at radius 2 is 2.00 bits per heavy atom. The highest BCUT2D eigenvalue weighted by atomic mass is 127. The van der Waals surface area contributed by atoms with E-state index >= 15 is 0 Å². The van der Waals surface area contributed by atoms with Crippen LogP contribution in [0.25, 0.3) is 0 Å². The second-order valence-electron chi connectivity index (χ2n) is 10.0. The van der Waals surface area contributed by atoms with E-state index in [4.69, 9.17) is 9.16 Å². The van der Waals surface area contributed by atoms with Gasteiger partial charge in [0.05, 0.1) is 23.4 Å². The van der Waals surface area contributed by atoms with Crippen LogP contribution < -0.4 is 0 Å². The number of halogens is 1. The molecule has 0 amide bonds. The molecule has 8 heteroatoms. The molecule has 0 unspecified atom stereocenters. The molecule has 182 valence electrons. The highest BCUT2D eigenvalue weighted by Gasteiger charge is 2.37. The van der Waals surface area contributed by atoms with Gasteiger partial charge in [0, 0.05) is 30.2 Å². The van der Waals surface area contributed by atoms with E-state index < -0.39 is 14.4 Å². The summed E-state index contributed by atoms with van der Waals surface area (Å²) in [4.78, 5) is 16.7. The fourth-order valence-corrected chi connectivity index (χ4v) is 4.98. The Morgan fingerprint density at radius 3 is 2.59 bits per heavy atom. The van der Waals surface area contributed by atoms with Crippen molar-refractivity contribution in [2.45, 2.75) is 97.1 Å². The van der Waals surface area contributed by atoms with E-state index in [0.29, 0.717) is 19.4 Å². The smallest absolute Gasteiger partial charge is 0.330 e. The van der Waals surface area contributed by atoms with Crippen molar-refractivity contribution in [1.82, 2.24) is 4.98 Å². The number of aliphatic hydroxyl groups is 1. The maximum atomic E-state index is 12.0. The van der Waals surface area contributed by atoms with E-state index in [-0.39, 0.29) is 23.0 Å². The molecule has 0 bridgehead atoms. The van der Waals surface area contributed by atoms with Crippen molar-refractivity contribution in [3.63, 3.8) is 0 Å². The molecule has 0 saturated heterocycles. The average molecular weight is 594 g/mol. The number of hydrogen-bond acceptors (Lipinski definition) is 6. The number of esters is 1. The van der Waals surface area contributed by atoms with Crippen molar-refractivity contribution in [3.05, 3.63) is 37.9 Å². The first kappa shape index (κ1) is 29.5. The van der Waals surface area contributed by atoms with Crippen LogP contribution in [0.2, 0.25) is 18.1 Å². The van der Waals surface area contributed by atoms with Gasteiger partial charge in [-0.05, 0) is 42.5 Å². The summed E-state index contributed by atoms with van der Waals surface area (Å²) < 4.78 is 13.5. The number of aliphatic hydroxyl groups excluding tert-OH is 1. The first-order valence-electron chi connectivity index (χ1n) is 11.1. The zero-order valence-corrected chi connectivity index (χ0v) is 24.7. The maximum Gasteiger partial charge on any atom is 0.330 e. The molecule has 0 aromatic carbocycles. The number of allylic oxidation sites excluding steroid dienone is 1. The van der Waals surface area contributed by atoms with Gasteiger partial charge in [0.1, 0.15) is 6.10 Å². The van der Waals surface area contributed by atoms with Crippen LogP contribution in [0.5, 0.6) is 0 Å². The third-order valence-electron chi connectivity index (χ3n) is 5.78. The van der Waals surface area contributed by atoms with E-state index in [1.54, 1.807) is 11.3 Å². The number of carbonyl (C=O) groups excluding carboxylic acids is 1. The Bertz CT molecular complexity index is 785. The molecule has 0 spiro atoms. The van der Waals surface area contributed by atoms with E-state index in [9.17, 15) is 9.90 Å². The minimum absolute atomic E-state index is 0.125. The van der Waals surface area contributed by atoms with Crippen molar-refractivity contribution in [3.8, 4) is 0 Å². The van der Waals surface area contributed by atoms with Crippen molar-refractivity contribution in [2.24, 2.45) is 0 Å². The van der Waals surface area contributed by atoms with Crippen LogP contribution in [-0.2, 0) is 20.4 Å². The predicted octanol–water partition coefficient (Wildman–Crippen LogP) is 6.78. The first-order valence-corrected chi connectivity index (χ1v) is 16.2. The maximum absolute atomic E-state index is 12.0. The molecule has 1 N–H and O–H groups in total. The van der Waals surface area contributed by atoms with Gasteiger partial charge in [-0.2, -0.15) is 0 Å². The number of thiazole rings is 1. The molecule has 1 aromatic heterocycles. The molecule has 0 saturated carbocycles. The number of aromatic nitrogens is 1. The van der Waals surface area contributed by atoms with E-state index in [2.05, 4.69) is 68.4 Å². The molecular weight excluding hydrogens is 553 g/mol. The number of nitrogens with zero attached hydrogens (tertiary/aromatic N) is 1. The topological polar surface area (TPSA) is 68.7 Å². The monoisotopic (exact) mass is 593 g/mol. The Morgan fingerprint density at radius 1 is 1.34 bits per heavy atom. The van der Waals surface area contributed by atoms with Crippen molar-refractivity contribution < 1.29 is 19.1 Å². The fourth-order valence-electron chi connectivity index (χ4n) is 2.69. The normalized spacial score (nSPS) is 16.2. The highest BCUT2D eigenvalue weighted by Crippen LogP contribution is 2.36. The van der Waals surface area contributed by atoms with Crippen molar-refractivity contribution in [2.75, 3.05) is 6.61 Å². The zero-order chi connectivity index (χ0) is 24.5. The van der Waals surface area contributed by atoms with Crippen molar-refractivity contribution in [1.29, 1.82) is 0 Å². The SMILES string of the molecule is C/C(=C\I)C[C@H](C)OC(=O)/C=C/C[C@H](C)c1csc(C[C@@H](O)CO[Si](C)(C)C(C)(C)C)n1. The molecule has 1 heterocycles. The third kappa shape index (κ3) is 10.6. The zero-order valence-electron chi connectivity index (χ0n) is 20.8. The highest BCUT2D eigenvalue weighted by molar-refractivity contribution is 14.1. The summed E-state index contributed by atoms with van der Waals surface area (Å²) in [7, 11) is -1.87. The second kappa shape index (κ2) is 13.4. The molecule has 0 aliphatic rings. The number of ether oxygens (including phenoxy) is 1. The molecule has 0 aliphatic heterocycles. The summed E-state index contributed by atoms with van der Waals surface area (Å²) in [6, 6.07) is 0. The van der Waals surface area contributed by atoms with Gasteiger partial charge >= 0.3 is 5.97 Å². The molecule has 0 fully saturated rings. The van der Waals surface area contributed by atoms with Crippen LogP contribution in [0.3, 0.4) is 0 Å². The second-order valence-corrected chi connectivity index (χ2v) is 16.4. The third-order valence-corrected chi connectivity index (χ3v) is 12.2. The van der Waals surface area contributed by atoms with Gasteiger partial charge in [0.25, 0.3) is 0 Å². The summed E-state index contributed by atoms with van der Waals surface area (Å²) in [5, 5.41) is 13.5. The average Bonchev–Trinajstić information content (AvgIpc) is 3.13. The van der Waals surface area contributed by atoms with Crippen LogP contribution in [0, 0.1) is 0 Å². The Hall–Kier alpha value is -0.553. The molecule has 1 aromatic rings. The Balaban J connectivity index is 2.49. The summed E-state index contributed by atoms with van der Waals surface area (Å²) in [5.41, 5.74) is 2.18. The Kier molecular flexibility index (Phi) is 12.3. The number of hydrogen-bond donors (Lipinski definition) is 1. The van der Waals surface area contributed by atoms with E-state index in [0.717, 1.165) is 17.1 Å². The summed E-state index contributed by atoms with van der Waals surface area (Å²) >= 11 is 3.76. The van der Waals surface area contributed by atoms with Crippen LogP contribution in [0.4, 0.5) is 0 Å². The summed E-state index contributed by atoms with van der Waals surface area (Å²) in [5.74, 6) is -0.124.